The molecular formula is C13H17NO5. The van der Waals surface area contributed by atoms with Gasteiger partial charge in [-0.15, -0.1) is 0 Å². The number of hydrogen-bond donors (Lipinski definition) is 1. The van der Waals surface area contributed by atoms with Crippen LogP contribution in [0.3, 0.4) is 0 Å². The van der Waals surface area contributed by atoms with Crippen molar-refractivity contribution in [2.75, 3.05) is 26.2 Å². The second-order valence-corrected chi connectivity index (χ2v) is 4.02. The topological polar surface area (TPSA) is 76.1 Å². The summed E-state index contributed by atoms with van der Waals surface area (Å²) in [6, 6.07) is 3.38. The molecule has 0 unspecified atom stereocenters. The Bertz CT molecular complexity index is 498. The molecule has 0 heterocycles. The Morgan fingerprint density at radius 1 is 1.21 bits per heavy atom. The third kappa shape index (κ3) is 3.37. The molecule has 0 atom stereocenters. The summed E-state index contributed by atoms with van der Waals surface area (Å²) >= 11 is 0. The largest absolute Gasteiger partial charge is 0.496 e. The summed E-state index contributed by atoms with van der Waals surface area (Å²) in [6.07, 6.45) is -0.574. The van der Waals surface area contributed by atoms with Crippen molar-refractivity contribution in [2.24, 2.45) is 0 Å². The quantitative estimate of drug-likeness (QED) is 0.817. The first-order valence-electron chi connectivity index (χ1n) is 5.61. The van der Waals surface area contributed by atoms with Gasteiger partial charge in [-0.3, -0.25) is 9.59 Å². The van der Waals surface area contributed by atoms with Crippen LogP contribution in [0.5, 0.6) is 11.5 Å². The van der Waals surface area contributed by atoms with E-state index >= 15 is 0 Å². The monoisotopic (exact) mass is 267 g/mol. The minimum absolute atomic E-state index is 0.469. The van der Waals surface area contributed by atoms with E-state index in [1.54, 1.807) is 12.1 Å². The molecule has 1 N–H and O–H groups in total. The highest BCUT2D eigenvalue weighted by molar-refractivity contribution is 6.03. The maximum absolute atomic E-state index is 11.8. The zero-order chi connectivity index (χ0) is 14.6. The molecule has 0 aliphatic rings. The van der Waals surface area contributed by atoms with Crippen LogP contribution in [0.15, 0.2) is 12.1 Å². The predicted octanol–water partition coefficient (Wildman–Crippen LogP) is 1.45. The van der Waals surface area contributed by atoms with Gasteiger partial charge in [-0.1, -0.05) is 0 Å². The molecule has 19 heavy (non-hydrogen) atoms. The van der Waals surface area contributed by atoms with Crippen molar-refractivity contribution in [3.05, 3.63) is 17.7 Å². The summed E-state index contributed by atoms with van der Waals surface area (Å²) in [5.41, 5.74) is 1.33. The van der Waals surface area contributed by atoms with E-state index in [0.717, 1.165) is 5.56 Å². The van der Waals surface area contributed by atoms with Gasteiger partial charge in [0, 0.05) is 13.1 Å². The number of carboxylic acid groups (broad SMARTS) is 1. The molecule has 0 aromatic heterocycles. The van der Waals surface area contributed by atoms with Crippen LogP contribution in [0.1, 0.15) is 12.0 Å². The lowest BCUT2D eigenvalue weighted by molar-refractivity contribution is -0.140. The summed E-state index contributed by atoms with van der Waals surface area (Å²) in [5.74, 6) is -0.614. The van der Waals surface area contributed by atoms with Gasteiger partial charge >= 0.3 is 5.97 Å². The number of rotatable bonds is 5. The van der Waals surface area contributed by atoms with E-state index in [2.05, 4.69) is 0 Å². The molecule has 0 aliphatic carbocycles. The number of aliphatic carboxylic acids is 1. The number of carbonyl (C=O) groups excluding carboxylic acids is 1. The van der Waals surface area contributed by atoms with Crippen molar-refractivity contribution in [1.29, 1.82) is 0 Å². The second kappa shape index (κ2) is 6.08. The maximum atomic E-state index is 11.8. The van der Waals surface area contributed by atoms with Gasteiger partial charge in [0.1, 0.15) is 17.9 Å². The maximum Gasteiger partial charge on any atom is 0.312 e. The third-order valence-corrected chi connectivity index (χ3v) is 2.73. The zero-order valence-electron chi connectivity index (χ0n) is 11.4. The van der Waals surface area contributed by atoms with Crippen LogP contribution >= 0.6 is 0 Å². The number of amides is 1. The SMILES string of the molecule is COc1cc(N(C)C(=O)CC(=O)O)c(OC)cc1C. The highest BCUT2D eigenvalue weighted by atomic mass is 16.5. The number of benzene rings is 1. The first kappa shape index (κ1) is 14.8. The molecule has 0 bridgehead atoms. The van der Waals surface area contributed by atoms with E-state index in [4.69, 9.17) is 14.6 Å². The van der Waals surface area contributed by atoms with Crippen LogP contribution in [0.4, 0.5) is 5.69 Å². The van der Waals surface area contributed by atoms with Gasteiger partial charge in [0.25, 0.3) is 0 Å². The Balaban J connectivity index is 3.16. The number of nitrogens with zero attached hydrogens (tertiary/aromatic N) is 1. The Kier molecular flexibility index (Phi) is 4.74. The summed E-state index contributed by atoms with van der Waals surface area (Å²) in [4.78, 5) is 23.6. The van der Waals surface area contributed by atoms with Gasteiger partial charge in [0.2, 0.25) is 5.91 Å². The lowest BCUT2D eigenvalue weighted by atomic mass is 10.1. The molecule has 104 valence electrons. The number of carboxylic acids is 1. The number of ether oxygens (including phenoxy) is 2. The molecule has 0 saturated heterocycles. The number of anilines is 1. The number of hydrogen-bond acceptors (Lipinski definition) is 4. The van der Waals surface area contributed by atoms with E-state index in [1.165, 1.54) is 26.2 Å². The van der Waals surface area contributed by atoms with Crippen LogP contribution in [0.25, 0.3) is 0 Å². The lowest BCUT2D eigenvalue weighted by Crippen LogP contribution is -2.28. The molecule has 0 spiro atoms. The molecular weight excluding hydrogens is 250 g/mol. The Morgan fingerprint density at radius 2 is 1.79 bits per heavy atom. The zero-order valence-corrected chi connectivity index (χ0v) is 11.4. The second-order valence-electron chi connectivity index (χ2n) is 4.02. The Labute approximate surface area is 111 Å². The van der Waals surface area contributed by atoms with E-state index in [0.29, 0.717) is 17.2 Å². The highest BCUT2D eigenvalue weighted by Gasteiger charge is 2.19. The number of methoxy groups -OCH3 is 2. The summed E-state index contributed by atoms with van der Waals surface area (Å²) in [7, 11) is 4.51. The first-order chi connectivity index (χ1) is 8.90. The van der Waals surface area contributed by atoms with Crippen LogP contribution in [0.2, 0.25) is 0 Å². The van der Waals surface area contributed by atoms with Gasteiger partial charge in [-0.05, 0) is 18.6 Å². The normalized spacial score (nSPS) is 9.89. The highest BCUT2D eigenvalue weighted by Crippen LogP contribution is 2.34. The van der Waals surface area contributed by atoms with E-state index < -0.39 is 18.3 Å². The Hall–Kier alpha value is -2.24. The molecule has 0 fully saturated rings. The van der Waals surface area contributed by atoms with Gasteiger partial charge in [-0.2, -0.15) is 0 Å². The van der Waals surface area contributed by atoms with Gasteiger partial charge < -0.3 is 19.5 Å². The summed E-state index contributed by atoms with van der Waals surface area (Å²) in [6.45, 7) is 1.85. The fourth-order valence-corrected chi connectivity index (χ4v) is 1.68. The van der Waals surface area contributed by atoms with Gasteiger partial charge in [0.15, 0.2) is 0 Å². The summed E-state index contributed by atoms with van der Waals surface area (Å²) < 4.78 is 10.4. The smallest absolute Gasteiger partial charge is 0.312 e. The third-order valence-electron chi connectivity index (χ3n) is 2.73. The van der Waals surface area contributed by atoms with E-state index in [1.807, 2.05) is 6.92 Å². The lowest BCUT2D eigenvalue weighted by Gasteiger charge is -2.21. The van der Waals surface area contributed by atoms with Crippen LogP contribution in [0, 0.1) is 6.92 Å². The van der Waals surface area contributed by atoms with E-state index in [9.17, 15) is 9.59 Å². The van der Waals surface area contributed by atoms with Crippen LogP contribution in [-0.2, 0) is 9.59 Å². The first-order valence-corrected chi connectivity index (χ1v) is 5.61. The molecule has 1 rings (SSSR count). The molecule has 0 aliphatic heterocycles. The molecule has 1 aromatic rings. The van der Waals surface area contributed by atoms with Crippen molar-refractivity contribution < 1.29 is 24.2 Å². The fraction of sp³-hybridized carbons (Fsp3) is 0.385. The van der Waals surface area contributed by atoms with Gasteiger partial charge in [-0.25, -0.2) is 0 Å². The molecule has 0 radical (unpaired) electrons. The molecule has 0 saturated carbocycles. The average molecular weight is 267 g/mol. The van der Waals surface area contributed by atoms with E-state index in [-0.39, 0.29) is 0 Å². The van der Waals surface area contributed by atoms with Crippen molar-refractivity contribution in [1.82, 2.24) is 0 Å². The molecule has 6 nitrogen and oxygen atoms in total. The van der Waals surface area contributed by atoms with Crippen molar-refractivity contribution in [3.8, 4) is 11.5 Å². The Morgan fingerprint density at radius 3 is 2.26 bits per heavy atom. The molecule has 1 aromatic carbocycles. The van der Waals surface area contributed by atoms with Crippen molar-refractivity contribution in [3.63, 3.8) is 0 Å². The average Bonchev–Trinajstić information content (AvgIpc) is 2.36. The minimum Gasteiger partial charge on any atom is -0.496 e. The van der Waals surface area contributed by atoms with Crippen molar-refractivity contribution >= 4 is 17.6 Å². The standard InChI is InChI=1S/C13H17NO5/c1-8-5-11(19-4)9(6-10(8)18-3)14(2)12(15)7-13(16)17/h5-6H,7H2,1-4H3,(H,16,17). The molecule has 6 heteroatoms. The number of aryl methyl sites for hydroxylation is 1. The minimum atomic E-state index is -1.17. The fourth-order valence-electron chi connectivity index (χ4n) is 1.68. The van der Waals surface area contributed by atoms with Gasteiger partial charge in [0.05, 0.1) is 19.9 Å². The molecule has 1 amide bonds. The van der Waals surface area contributed by atoms with Crippen molar-refractivity contribution in [2.45, 2.75) is 13.3 Å². The number of carbonyl (C=O) groups is 2. The predicted molar refractivity (Wildman–Crippen MR) is 69.9 cm³/mol. The van der Waals surface area contributed by atoms with Crippen LogP contribution in [-0.4, -0.2) is 38.3 Å². The van der Waals surface area contributed by atoms with Crippen LogP contribution < -0.4 is 14.4 Å². The summed E-state index contributed by atoms with van der Waals surface area (Å²) in [5, 5.41) is 8.65.